The molecule has 5 unspecified atom stereocenters. The first-order chi connectivity index (χ1) is 13.2. The molecule has 0 spiro atoms. The average Bonchev–Trinajstić information content (AvgIpc) is 2.64. The van der Waals surface area contributed by atoms with Gasteiger partial charge in [-0.15, -0.1) is 0 Å². The number of fused-ring (bicyclic) bond motifs is 1. The van der Waals surface area contributed by atoms with Gasteiger partial charge in [0.2, 0.25) is 15.9 Å². The minimum atomic E-state index is -3.96. The van der Waals surface area contributed by atoms with E-state index < -0.39 is 39.8 Å². The van der Waals surface area contributed by atoms with Crippen LogP contribution in [0.3, 0.4) is 0 Å². The van der Waals surface area contributed by atoms with Crippen LogP contribution in [0.2, 0.25) is 0 Å². The van der Waals surface area contributed by atoms with E-state index in [1.54, 1.807) is 13.8 Å². The summed E-state index contributed by atoms with van der Waals surface area (Å²) in [7, 11) is -3.96. The normalized spacial score (nSPS) is 35.8. The molecule has 3 amide bonds. The summed E-state index contributed by atoms with van der Waals surface area (Å²) in [6, 6.07) is -0.0980. The van der Waals surface area contributed by atoms with Crippen molar-refractivity contribution in [2.24, 2.45) is 0 Å². The summed E-state index contributed by atoms with van der Waals surface area (Å²) >= 11 is 0. The zero-order chi connectivity index (χ0) is 20.5. The molecule has 0 aliphatic carbocycles. The molecule has 0 aromatic carbocycles. The molecule has 3 heterocycles. The van der Waals surface area contributed by atoms with Gasteiger partial charge >= 0.3 is 6.03 Å². The number of carbonyl (C=O) groups excluding carboxylic acids is 2. The van der Waals surface area contributed by atoms with Crippen molar-refractivity contribution in [3.8, 4) is 6.07 Å². The predicted octanol–water partition coefficient (Wildman–Crippen LogP) is -2.58. The number of hydrogen-bond acceptors (Lipinski definition) is 8. The smallest absolute Gasteiger partial charge is 0.331 e. The topological polar surface area (TPSA) is 155 Å². The number of carbonyl (C=O) groups is 2. The third kappa shape index (κ3) is 4.07. The van der Waals surface area contributed by atoms with Crippen LogP contribution in [0, 0.1) is 11.3 Å². The third-order valence-electron chi connectivity index (χ3n) is 5.60. The number of rotatable bonds is 4. The molecule has 0 radical (unpaired) electrons. The molecule has 12 heteroatoms. The highest BCUT2D eigenvalue weighted by molar-refractivity contribution is 7.90. The Morgan fingerprint density at radius 1 is 1.36 bits per heavy atom. The first-order valence-electron chi connectivity index (χ1n) is 9.45. The maximum atomic E-state index is 13.0. The molecule has 3 fully saturated rings. The van der Waals surface area contributed by atoms with Crippen LogP contribution in [-0.2, 0) is 14.8 Å². The third-order valence-corrected chi connectivity index (χ3v) is 7.94. The van der Waals surface area contributed by atoms with Crippen LogP contribution in [0.15, 0.2) is 0 Å². The van der Waals surface area contributed by atoms with E-state index in [0.29, 0.717) is 30.4 Å². The van der Waals surface area contributed by atoms with Gasteiger partial charge in [0.05, 0.1) is 12.1 Å². The molecular formula is C16H27N7O4S. The lowest BCUT2D eigenvalue weighted by atomic mass is 10.00. The van der Waals surface area contributed by atoms with Crippen molar-refractivity contribution in [2.45, 2.75) is 55.7 Å². The molecule has 3 aliphatic heterocycles. The Morgan fingerprint density at radius 3 is 2.75 bits per heavy atom. The van der Waals surface area contributed by atoms with Crippen LogP contribution >= 0.6 is 0 Å². The number of urea groups is 1. The highest BCUT2D eigenvalue weighted by Gasteiger charge is 2.50. The van der Waals surface area contributed by atoms with E-state index in [4.69, 9.17) is 5.26 Å². The second-order valence-corrected chi connectivity index (χ2v) is 9.58. The maximum absolute atomic E-state index is 13.0. The van der Waals surface area contributed by atoms with E-state index in [0.717, 1.165) is 0 Å². The van der Waals surface area contributed by atoms with Crippen LogP contribution in [0.25, 0.3) is 0 Å². The second kappa shape index (κ2) is 8.20. The van der Waals surface area contributed by atoms with Crippen molar-refractivity contribution >= 4 is 22.0 Å². The Balaban J connectivity index is 1.61. The molecule has 0 bridgehead atoms. The largest absolute Gasteiger partial charge is 0.350 e. The standard InChI is InChI=1S/C16H27N7O4S/c1-9(13-7-19-11(5-17)6-20-13)21-14(24)8-23-16(25)22-12-3-4-18-10(2)15(12)28(23,26)27/h9-13,15,18-20H,3-4,6-8H2,1-2H3,(H,21,24)(H,22,25)/t9-,10?,11?,12?,13?,15?/m1/s1. The maximum Gasteiger partial charge on any atom is 0.331 e. The fourth-order valence-electron chi connectivity index (χ4n) is 4.03. The summed E-state index contributed by atoms with van der Waals surface area (Å²) in [5.74, 6) is -0.551. The minimum absolute atomic E-state index is 0.104. The molecule has 0 saturated carbocycles. The van der Waals surface area contributed by atoms with Gasteiger partial charge in [0, 0.05) is 31.2 Å². The molecule has 6 atom stereocenters. The number of amides is 3. The molecule has 3 saturated heterocycles. The first kappa shape index (κ1) is 20.8. The number of nitriles is 1. The van der Waals surface area contributed by atoms with Crippen LogP contribution in [0.4, 0.5) is 4.79 Å². The molecule has 11 nitrogen and oxygen atoms in total. The van der Waals surface area contributed by atoms with Crippen molar-refractivity contribution in [1.82, 2.24) is 30.9 Å². The average molecular weight is 414 g/mol. The van der Waals surface area contributed by atoms with E-state index in [1.807, 2.05) is 0 Å². The van der Waals surface area contributed by atoms with Gasteiger partial charge in [-0.3, -0.25) is 10.1 Å². The van der Waals surface area contributed by atoms with E-state index in [-0.39, 0.29) is 24.2 Å². The summed E-state index contributed by atoms with van der Waals surface area (Å²) < 4.78 is 26.5. The van der Waals surface area contributed by atoms with Crippen LogP contribution in [0.5, 0.6) is 0 Å². The van der Waals surface area contributed by atoms with Crippen molar-refractivity contribution in [3.63, 3.8) is 0 Å². The Kier molecular flexibility index (Phi) is 6.09. The van der Waals surface area contributed by atoms with Crippen molar-refractivity contribution in [1.29, 1.82) is 5.26 Å². The zero-order valence-corrected chi connectivity index (χ0v) is 16.8. The van der Waals surface area contributed by atoms with Gasteiger partial charge in [-0.1, -0.05) is 0 Å². The number of nitrogens with zero attached hydrogens (tertiary/aromatic N) is 2. The molecule has 28 heavy (non-hydrogen) atoms. The zero-order valence-electron chi connectivity index (χ0n) is 15.9. The lowest BCUT2D eigenvalue weighted by Gasteiger charge is -2.43. The second-order valence-electron chi connectivity index (χ2n) is 7.56. The molecule has 3 rings (SSSR count). The van der Waals surface area contributed by atoms with Crippen LogP contribution in [0.1, 0.15) is 20.3 Å². The molecule has 0 aromatic rings. The number of piperazine rings is 1. The van der Waals surface area contributed by atoms with Gasteiger partial charge in [0.1, 0.15) is 17.8 Å². The molecular weight excluding hydrogens is 386 g/mol. The van der Waals surface area contributed by atoms with E-state index >= 15 is 0 Å². The van der Waals surface area contributed by atoms with Crippen molar-refractivity contribution in [3.05, 3.63) is 0 Å². The number of nitrogens with one attached hydrogen (secondary N) is 5. The highest BCUT2D eigenvalue weighted by atomic mass is 32.2. The van der Waals surface area contributed by atoms with Gasteiger partial charge in [0.15, 0.2) is 0 Å². The van der Waals surface area contributed by atoms with E-state index in [9.17, 15) is 18.0 Å². The molecule has 3 aliphatic rings. The number of piperidine rings is 1. The molecule has 5 N–H and O–H groups in total. The van der Waals surface area contributed by atoms with Gasteiger partial charge in [-0.05, 0) is 26.8 Å². The minimum Gasteiger partial charge on any atom is -0.350 e. The lowest BCUT2D eigenvalue weighted by Crippen LogP contribution is -2.70. The van der Waals surface area contributed by atoms with Crippen LogP contribution in [-0.4, -0.2) is 86.3 Å². The Labute approximate surface area is 164 Å². The van der Waals surface area contributed by atoms with Gasteiger partial charge in [-0.25, -0.2) is 17.5 Å². The quantitative estimate of drug-likeness (QED) is 0.336. The predicted molar refractivity (Wildman–Crippen MR) is 101 cm³/mol. The SMILES string of the molecule is CC1NCCC2NC(=O)N(CC(=O)N[C@H](C)C3CNC(C#N)CN3)S(=O)(=O)C12. The molecule has 0 aromatic heterocycles. The van der Waals surface area contributed by atoms with Gasteiger partial charge < -0.3 is 21.3 Å². The number of hydrogen-bond donors (Lipinski definition) is 5. The van der Waals surface area contributed by atoms with E-state index in [2.05, 4.69) is 32.7 Å². The van der Waals surface area contributed by atoms with Gasteiger partial charge in [0.25, 0.3) is 0 Å². The van der Waals surface area contributed by atoms with Crippen molar-refractivity contribution < 1.29 is 18.0 Å². The first-order valence-corrected chi connectivity index (χ1v) is 11.0. The molecule has 156 valence electrons. The fourth-order valence-corrected chi connectivity index (χ4v) is 6.13. The fraction of sp³-hybridized carbons (Fsp3) is 0.812. The summed E-state index contributed by atoms with van der Waals surface area (Å²) in [5, 5.41) is 22.9. The summed E-state index contributed by atoms with van der Waals surface area (Å²) in [6.07, 6.45) is 0.529. The Morgan fingerprint density at radius 2 is 2.11 bits per heavy atom. The highest BCUT2D eigenvalue weighted by Crippen LogP contribution is 2.25. The summed E-state index contributed by atoms with van der Waals surface area (Å²) in [5.41, 5.74) is 0. The Bertz CT molecular complexity index is 759. The van der Waals surface area contributed by atoms with E-state index in [1.165, 1.54) is 0 Å². The van der Waals surface area contributed by atoms with Crippen molar-refractivity contribution in [2.75, 3.05) is 26.2 Å². The Hall–Kier alpha value is -1.94. The van der Waals surface area contributed by atoms with Crippen LogP contribution < -0.4 is 26.6 Å². The van der Waals surface area contributed by atoms with Gasteiger partial charge in [-0.2, -0.15) is 5.26 Å². The lowest BCUT2D eigenvalue weighted by molar-refractivity contribution is -0.121. The monoisotopic (exact) mass is 413 g/mol. The summed E-state index contributed by atoms with van der Waals surface area (Å²) in [4.78, 5) is 24.8. The summed E-state index contributed by atoms with van der Waals surface area (Å²) in [6.45, 7) is 4.58. The number of sulfonamides is 1.